The predicted octanol–water partition coefficient (Wildman–Crippen LogP) is 2.86. The summed E-state index contributed by atoms with van der Waals surface area (Å²) >= 11 is 0. The zero-order chi connectivity index (χ0) is 18.6. The number of anilines is 1. The number of amides is 1. The van der Waals surface area contributed by atoms with Crippen LogP contribution in [0.1, 0.15) is 24.8 Å². The van der Waals surface area contributed by atoms with Gasteiger partial charge in [-0.15, -0.1) is 0 Å². The number of nitrogens with zero attached hydrogens (tertiary/aromatic N) is 1. The van der Waals surface area contributed by atoms with E-state index in [9.17, 15) is 17.6 Å². The van der Waals surface area contributed by atoms with Gasteiger partial charge >= 0.3 is 0 Å². The molecule has 0 aliphatic carbocycles. The lowest BCUT2D eigenvalue weighted by Crippen LogP contribution is -2.35. The molecule has 1 fully saturated rings. The first kappa shape index (κ1) is 18.5. The molecule has 0 spiro atoms. The highest BCUT2D eigenvalue weighted by Crippen LogP contribution is 2.22. The van der Waals surface area contributed by atoms with Crippen molar-refractivity contribution < 1.29 is 17.6 Å². The van der Waals surface area contributed by atoms with Gasteiger partial charge in [0.25, 0.3) is 0 Å². The predicted molar refractivity (Wildman–Crippen MR) is 97.9 cm³/mol. The van der Waals surface area contributed by atoms with E-state index in [2.05, 4.69) is 4.72 Å². The molecule has 3 rings (SSSR count). The molecule has 2 aromatic carbocycles. The SMILES string of the molecule is O=C1CCCCN1c1ccc(S(=O)(=O)NCCc2ccc(F)cc2)cc1. The van der Waals surface area contributed by atoms with Crippen molar-refractivity contribution in [1.29, 1.82) is 0 Å². The molecule has 0 saturated carbocycles. The average Bonchev–Trinajstić information content (AvgIpc) is 2.64. The molecule has 138 valence electrons. The lowest BCUT2D eigenvalue weighted by molar-refractivity contribution is -0.119. The van der Waals surface area contributed by atoms with Gasteiger partial charge in [0.15, 0.2) is 0 Å². The van der Waals surface area contributed by atoms with Crippen LogP contribution in [-0.4, -0.2) is 27.4 Å². The monoisotopic (exact) mass is 376 g/mol. The summed E-state index contributed by atoms with van der Waals surface area (Å²) in [4.78, 5) is 13.8. The molecule has 7 heteroatoms. The first-order valence-electron chi connectivity index (χ1n) is 8.60. The molecule has 0 unspecified atom stereocenters. The third-order valence-electron chi connectivity index (χ3n) is 4.40. The van der Waals surface area contributed by atoms with Gasteiger partial charge in [0, 0.05) is 25.2 Å². The van der Waals surface area contributed by atoms with E-state index in [1.807, 2.05) is 0 Å². The topological polar surface area (TPSA) is 66.5 Å². The fraction of sp³-hybridized carbons (Fsp3) is 0.316. The molecule has 1 amide bonds. The highest BCUT2D eigenvalue weighted by atomic mass is 32.2. The molecule has 1 aliphatic heterocycles. The second-order valence-electron chi connectivity index (χ2n) is 6.27. The van der Waals surface area contributed by atoms with Crippen molar-refractivity contribution in [3.05, 3.63) is 59.9 Å². The number of sulfonamides is 1. The minimum Gasteiger partial charge on any atom is -0.312 e. The molecule has 5 nitrogen and oxygen atoms in total. The van der Waals surface area contributed by atoms with Gasteiger partial charge in [0.2, 0.25) is 15.9 Å². The fourth-order valence-electron chi connectivity index (χ4n) is 2.95. The van der Waals surface area contributed by atoms with Crippen molar-refractivity contribution >= 4 is 21.6 Å². The molecule has 2 aromatic rings. The maximum Gasteiger partial charge on any atom is 0.240 e. The van der Waals surface area contributed by atoms with Crippen LogP contribution in [0.2, 0.25) is 0 Å². The van der Waals surface area contributed by atoms with Gasteiger partial charge in [-0.1, -0.05) is 12.1 Å². The molecule has 26 heavy (non-hydrogen) atoms. The second kappa shape index (κ2) is 7.97. The summed E-state index contributed by atoms with van der Waals surface area (Å²) in [6.07, 6.45) is 2.86. The molecule has 0 radical (unpaired) electrons. The maximum absolute atomic E-state index is 12.9. The Balaban J connectivity index is 1.61. The van der Waals surface area contributed by atoms with Crippen LogP contribution in [0, 0.1) is 5.82 Å². The van der Waals surface area contributed by atoms with Gasteiger partial charge in [-0.3, -0.25) is 4.79 Å². The van der Waals surface area contributed by atoms with Crippen molar-refractivity contribution in [1.82, 2.24) is 4.72 Å². The summed E-state index contributed by atoms with van der Waals surface area (Å²) in [7, 11) is -3.63. The van der Waals surface area contributed by atoms with Gasteiger partial charge in [-0.05, 0) is 61.2 Å². The Morgan fingerprint density at radius 1 is 1.00 bits per heavy atom. The average molecular weight is 376 g/mol. The van der Waals surface area contributed by atoms with E-state index in [1.165, 1.54) is 24.3 Å². The third kappa shape index (κ3) is 4.47. The van der Waals surface area contributed by atoms with Crippen molar-refractivity contribution in [3.63, 3.8) is 0 Å². The molecular weight excluding hydrogens is 355 g/mol. The van der Waals surface area contributed by atoms with Crippen molar-refractivity contribution in [3.8, 4) is 0 Å². The van der Waals surface area contributed by atoms with E-state index in [4.69, 9.17) is 0 Å². The normalized spacial score (nSPS) is 15.3. The van der Waals surface area contributed by atoms with Crippen LogP contribution in [0.25, 0.3) is 0 Å². The number of halogens is 1. The third-order valence-corrected chi connectivity index (χ3v) is 5.88. The molecule has 1 N–H and O–H groups in total. The molecule has 0 bridgehead atoms. The van der Waals surface area contributed by atoms with Crippen molar-refractivity contribution in [2.45, 2.75) is 30.6 Å². The second-order valence-corrected chi connectivity index (χ2v) is 8.04. The molecule has 1 heterocycles. The van der Waals surface area contributed by atoms with Gasteiger partial charge in [-0.2, -0.15) is 0 Å². The Labute approximate surface area is 152 Å². The van der Waals surface area contributed by atoms with E-state index >= 15 is 0 Å². The van der Waals surface area contributed by atoms with Crippen molar-refractivity contribution in [2.75, 3.05) is 18.0 Å². The number of hydrogen-bond acceptors (Lipinski definition) is 3. The summed E-state index contributed by atoms with van der Waals surface area (Å²) in [6, 6.07) is 12.3. The minimum atomic E-state index is -3.63. The van der Waals surface area contributed by atoms with E-state index < -0.39 is 10.0 Å². The quantitative estimate of drug-likeness (QED) is 0.843. The first-order chi connectivity index (χ1) is 12.5. The number of hydrogen-bond donors (Lipinski definition) is 1. The highest BCUT2D eigenvalue weighted by molar-refractivity contribution is 7.89. The Bertz CT molecular complexity index is 865. The Kier molecular flexibility index (Phi) is 5.68. The summed E-state index contributed by atoms with van der Waals surface area (Å²) in [5.74, 6) is -0.245. The number of carbonyl (C=O) groups is 1. The van der Waals surface area contributed by atoms with E-state index in [1.54, 1.807) is 29.2 Å². The van der Waals surface area contributed by atoms with Crippen LogP contribution in [0.15, 0.2) is 53.4 Å². The van der Waals surface area contributed by atoms with Gasteiger partial charge in [0.05, 0.1) is 4.90 Å². The molecule has 0 atom stereocenters. The minimum absolute atomic E-state index is 0.0734. The zero-order valence-corrected chi connectivity index (χ0v) is 15.1. The molecule has 0 aromatic heterocycles. The Morgan fingerprint density at radius 2 is 1.69 bits per heavy atom. The number of rotatable bonds is 6. The Morgan fingerprint density at radius 3 is 2.35 bits per heavy atom. The van der Waals surface area contributed by atoms with Crippen LogP contribution in [0.5, 0.6) is 0 Å². The maximum atomic E-state index is 12.9. The van der Waals surface area contributed by atoms with Crippen LogP contribution < -0.4 is 9.62 Å². The lowest BCUT2D eigenvalue weighted by Gasteiger charge is -2.26. The fourth-order valence-corrected chi connectivity index (χ4v) is 3.98. The van der Waals surface area contributed by atoms with E-state index in [0.717, 1.165) is 24.1 Å². The zero-order valence-electron chi connectivity index (χ0n) is 14.3. The van der Waals surface area contributed by atoms with Crippen LogP contribution in [0.3, 0.4) is 0 Å². The molecule has 1 saturated heterocycles. The van der Waals surface area contributed by atoms with Crippen LogP contribution in [0.4, 0.5) is 10.1 Å². The molecule has 1 aliphatic rings. The number of nitrogens with one attached hydrogen (secondary N) is 1. The summed E-state index contributed by atoms with van der Waals surface area (Å²) in [6.45, 7) is 0.890. The largest absolute Gasteiger partial charge is 0.312 e. The van der Waals surface area contributed by atoms with Gasteiger partial charge < -0.3 is 4.90 Å². The summed E-state index contributed by atoms with van der Waals surface area (Å²) in [5.41, 5.74) is 1.58. The van der Waals surface area contributed by atoms with Crippen LogP contribution in [-0.2, 0) is 21.2 Å². The lowest BCUT2D eigenvalue weighted by atomic mass is 10.1. The highest BCUT2D eigenvalue weighted by Gasteiger charge is 2.20. The van der Waals surface area contributed by atoms with Crippen molar-refractivity contribution in [2.24, 2.45) is 0 Å². The molecular formula is C19H21FN2O3S. The number of carbonyl (C=O) groups excluding carboxylic acids is 1. The van der Waals surface area contributed by atoms with Gasteiger partial charge in [-0.25, -0.2) is 17.5 Å². The number of benzene rings is 2. The number of piperidine rings is 1. The van der Waals surface area contributed by atoms with E-state index in [-0.39, 0.29) is 23.2 Å². The van der Waals surface area contributed by atoms with Crippen LogP contribution >= 0.6 is 0 Å². The van der Waals surface area contributed by atoms with E-state index in [0.29, 0.717) is 19.4 Å². The standard InChI is InChI=1S/C19H21FN2O3S/c20-16-6-4-15(5-7-16)12-13-21-26(24,25)18-10-8-17(9-11-18)22-14-2-1-3-19(22)23/h4-11,21H,1-3,12-14H2. The van der Waals surface area contributed by atoms with Gasteiger partial charge in [0.1, 0.15) is 5.82 Å². The summed E-state index contributed by atoms with van der Waals surface area (Å²) < 4.78 is 40.2. The Hall–Kier alpha value is -2.25. The first-order valence-corrected chi connectivity index (χ1v) is 10.1. The smallest absolute Gasteiger partial charge is 0.240 e. The summed E-state index contributed by atoms with van der Waals surface area (Å²) in [5, 5.41) is 0.